The van der Waals surface area contributed by atoms with Crippen LogP contribution in [0.1, 0.15) is 32.8 Å². The average Bonchev–Trinajstić information content (AvgIpc) is 2.65. The number of alkyl halides is 1. The minimum Gasteiger partial charge on any atom is -0.444 e. The van der Waals surface area contributed by atoms with Gasteiger partial charge in [0.05, 0.1) is 16.6 Å². The number of carbonyl (C=O) groups is 1. The number of rotatable bonds is 3. The topological polar surface area (TPSA) is 103 Å². The number of amidine groups is 1. The summed E-state index contributed by atoms with van der Waals surface area (Å²) < 4.78 is 39.3. The number of hydrogen-bond donors (Lipinski definition) is 1. The molecule has 1 N–H and O–H groups in total. The summed E-state index contributed by atoms with van der Waals surface area (Å²) in [7, 11) is 0. The maximum absolute atomic E-state index is 14.9. The number of nitro groups is 1. The second kappa shape index (κ2) is 8.46. The van der Waals surface area contributed by atoms with Crippen LogP contribution in [0.15, 0.2) is 23.2 Å². The molecule has 0 radical (unpaired) electrons. The summed E-state index contributed by atoms with van der Waals surface area (Å²) in [4.78, 5) is 27.4. The van der Waals surface area contributed by atoms with E-state index in [0.717, 1.165) is 18.2 Å². The van der Waals surface area contributed by atoms with Crippen molar-refractivity contribution in [3.05, 3.63) is 39.7 Å². The summed E-state index contributed by atoms with van der Waals surface area (Å²) in [5, 5.41) is 14.0. The van der Waals surface area contributed by atoms with Crippen molar-refractivity contribution in [1.29, 1.82) is 0 Å². The van der Waals surface area contributed by atoms with E-state index in [4.69, 9.17) is 9.47 Å². The number of thioether (sulfide) groups is 1. The molecule has 1 aromatic rings. The third-order valence-electron chi connectivity index (χ3n) is 4.97. The van der Waals surface area contributed by atoms with Crippen molar-refractivity contribution >= 4 is 28.7 Å². The summed E-state index contributed by atoms with van der Waals surface area (Å²) in [6, 6.07) is 3.21. The van der Waals surface area contributed by atoms with Gasteiger partial charge in [-0.05, 0) is 26.8 Å². The normalized spacial score (nSPS) is 26.4. The number of non-ortho nitro benzene ring substituents is 1. The number of alkyl carbamates (subject to hydrolysis) is 1. The van der Waals surface area contributed by atoms with Gasteiger partial charge in [0.2, 0.25) is 0 Å². The Bertz CT molecular complexity index is 876. The molecule has 0 saturated carbocycles. The monoisotopic (exact) mass is 443 g/mol. The van der Waals surface area contributed by atoms with E-state index in [1.165, 1.54) is 11.8 Å². The molecule has 1 fully saturated rings. The Morgan fingerprint density at radius 2 is 2.23 bits per heavy atom. The fourth-order valence-electron chi connectivity index (χ4n) is 3.70. The van der Waals surface area contributed by atoms with Gasteiger partial charge in [-0.3, -0.25) is 20.4 Å². The Labute approximate surface area is 176 Å². The zero-order valence-electron chi connectivity index (χ0n) is 16.8. The number of benzene rings is 1. The number of nitrogens with zero attached hydrogens (tertiary/aromatic N) is 2. The quantitative estimate of drug-likeness (QED) is 0.561. The van der Waals surface area contributed by atoms with Crippen molar-refractivity contribution in [2.24, 2.45) is 10.9 Å². The van der Waals surface area contributed by atoms with E-state index < -0.39 is 46.7 Å². The highest BCUT2D eigenvalue weighted by Crippen LogP contribution is 2.49. The first-order chi connectivity index (χ1) is 14.1. The van der Waals surface area contributed by atoms with Gasteiger partial charge >= 0.3 is 6.09 Å². The first-order valence-corrected chi connectivity index (χ1v) is 10.4. The lowest BCUT2D eigenvalue weighted by Gasteiger charge is -2.47. The summed E-state index contributed by atoms with van der Waals surface area (Å²) in [6.07, 6.45) is -1.38. The zero-order valence-corrected chi connectivity index (χ0v) is 17.6. The van der Waals surface area contributed by atoms with E-state index in [0.29, 0.717) is 0 Å². The molecule has 164 valence electrons. The van der Waals surface area contributed by atoms with Crippen LogP contribution in [0.2, 0.25) is 0 Å². The van der Waals surface area contributed by atoms with Crippen LogP contribution in [0.5, 0.6) is 0 Å². The number of aliphatic imine (C=N–C) groups is 1. The molecule has 0 unspecified atom stereocenters. The van der Waals surface area contributed by atoms with Crippen LogP contribution in [-0.2, 0) is 15.0 Å². The fraction of sp³-hybridized carbons (Fsp3) is 0.579. The molecule has 2 aliphatic rings. The maximum Gasteiger partial charge on any atom is 0.413 e. The summed E-state index contributed by atoms with van der Waals surface area (Å²) in [5.41, 5.74) is -2.33. The lowest BCUT2D eigenvalue weighted by molar-refractivity contribution is -0.385. The van der Waals surface area contributed by atoms with Crippen molar-refractivity contribution < 1.29 is 28.0 Å². The Balaban J connectivity index is 2.06. The average molecular weight is 443 g/mol. The number of hydrogen-bond acceptors (Lipinski definition) is 7. The second-order valence-electron chi connectivity index (χ2n) is 8.12. The van der Waals surface area contributed by atoms with E-state index in [9.17, 15) is 23.7 Å². The molecule has 11 heteroatoms. The summed E-state index contributed by atoms with van der Waals surface area (Å²) in [6.45, 7) is 4.43. The van der Waals surface area contributed by atoms with Gasteiger partial charge in [-0.25, -0.2) is 13.6 Å². The molecule has 1 saturated heterocycles. The second-order valence-corrected chi connectivity index (χ2v) is 9.13. The highest BCUT2D eigenvalue weighted by Gasteiger charge is 2.52. The highest BCUT2D eigenvalue weighted by molar-refractivity contribution is 8.13. The number of nitrogens with one attached hydrogen (secondary N) is 1. The molecule has 2 heterocycles. The molecule has 3 atom stereocenters. The van der Waals surface area contributed by atoms with Crippen LogP contribution in [0.4, 0.5) is 19.3 Å². The largest absolute Gasteiger partial charge is 0.444 e. The Hall–Kier alpha value is -2.27. The van der Waals surface area contributed by atoms with E-state index in [1.807, 2.05) is 0 Å². The van der Waals surface area contributed by atoms with Crippen molar-refractivity contribution in [2.75, 3.05) is 19.0 Å². The van der Waals surface area contributed by atoms with Crippen LogP contribution >= 0.6 is 11.8 Å². The van der Waals surface area contributed by atoms with Gasteiger partial charge in [-0.15, -0.1) is 0 Å². The molecule has 3 rings (SSSR count). The van der Waals surface area contributed by atoms with Crippen molar-refractivity contribution in [2.45, 2.75) is 44.4 Å². The number of carbonyl (C=O) groups excluding carboxylic acids is 1. The van der Waals surface area contributed by atoms with Crippen LogP contribution in [0.3, 0.4) is 0 Å². The van der Waals surface area contributed by atoms with Crippen molar-refractivity contribution in [1.82, 2.24) is 5.32 Å². The predicted octanol–water partition coefficient (Wildman–Crippen LogP) is 3.93. The molecule has 30 heavy (non-hydrogen) atoms. The zero-order chi connectivity index (χ0) is 22.1. The number of fused-ring (bicyclic) bond motifs is 1. The van der Waals surface area contributed by atoms with Gasteiger partial charge in [0.1, 0.15) is 18.1 Å². The number of nitro benzene ring substituents is 1. The number of halogens is 2. The molecule has 0 bridgehead atoms. The van der Waals surface area contributed by atoms with Crippen LogP contribution < -0.4 is 5.32 Å². The van der Waals surface area contributed by atoms with Crippen LogP contribution in [0, 0.1) is 21.8 Å². The van der Waals surface area contributed by atoms with Gasteiger partial charge in [0.25, 0.3) is 5.69 Å². The smallest absolute Gasteiger partial charge is 0.413 e. The Morgan fingerprint density at radius 3 is 2.87 bits per heavy atom. The van der Waals surface area contributed by atoms with Gasteiger partial charge in [0, 0.05) is 42.4 Å². The van der Waals surface area contributed by atoms with E-state index in [2.05, 4.69) is 10.3 Å². The third-order valence-corrected chi connectivity index (χ3v) is 5.96. The van der Waals surface area contributed by atoms with Gasteiger partial charge in [-0.2, -0.15) is 0 Å². The van der Waals surface area contributed by atoms with Gasteiger partial charge in [0.15, 0.2) is 5.17 Å². The molecular weight excluding hydrogens is 420 g/mol. The maximum atomic E-state index is 14.9. The first-order valence-electron chi connectivity index (χ1n) is 9.40. The standard InChI is InChI=1S/C19H23F2N3O5S/c1-18(2,3)29-17(25)22-16-23-19(6-7-28-15(9-20)13(19)10-30-16)12-8-11(24(26)27)4-5-14(12)21/h4-5,8,13,15H,6-7,9-10H2,1-3H3,(H,22,23,25)/t13-,15+,19+/m1/s1. The SMILES string of the molecule is CC(C)(C)OC(=O)NC1=N[C@]2(c3cc([N+](=O)[O-])ccc3F)CCO[C@@H](CF)[C@H]2CS1. The Kier molecular flexibility index (Phi) is 6.32. The summed E-state index contributed by atoms with van der Waals surface area (Å²) >= 11 is 1.17. The molecule has 1 aromatic carbocycles. The van der Waals surface area contributed by atoms with Crippen LogP contribution in [0.25, 0.3) is 0 Å². The molecular formula is C19H23F2N3O5S. The molecule has 2 aliphatic heterocycles. The fourth-order valence-corrected chi connectivity index (χ4v) is 4.91. The molecule has 1 amide bonds. The lowest BCUT2D eigenvalue weighted by atomic mass is 9.72. The minimum absolute atomic E-state index is 0.00719. The summed E-state index contributed by atoms with van der Waals surface area (Å²) in [5.74, 6) is -0.968. The lowest BCUT2D eigenvalue weighted by Crippen LogP contribution is -2.53. The van der Waals surface area contributed by atoms with Gasteiger partial charge < -0.3 is 9.47 Å². The van der Waals surface area contributed by atoms with E-state index in [-0.39, 0.29) is 35.2 Å². The third kappa shape index (κ3) is 4.56. The van der Waals surface area contributed by atoms with E-state index in [1.54, 1.807) is 20.8 Å². The van der Waals surface area contributed by atoms with Crippen LogP contribution in [-0.4, -0.2) is 46.9 Å². The van der Waals surface area contributed by atoms with E-state index >= 15 is 0 Å². The number of ether oxygens (including phenoxy) is 2. The van der Waals surface area contributed by atoms with Gasteiger partial charge in [-0.1, -0.05) is 11.8 Å². The first kappa shape index (κ1) is 22.4. The number of amides is 1. The predicted molar refractivity (Wildman–Crippen MR) is 108 cm³/mol. The van der Waals surface area contributed by atoms with Crippen molar-refractivity contribution in [3.63, 3.8) is 0 Å². The van der Waals surface area contributed by atoms with Crippen molar-refractivity contribution in [3.8, 4) is 0 Å². The highest BCUT2D eigenvalue weighted by atomic mass is 32.2. The molecule has 0 aromatic heterocycles. The molecule has 0 aliphatic carbocycles. The Morgan fingerprint density at radius 1 is 1.50 bits per heavy atom. The molecule has 0 spiro atoms. The molecule has 8 nitrogen and oxygen atoms in total. The minimum atomic E-state index is -1.30.